The Bertz CT molecular complexity index is 596. The number of hydrogen-bond acceptors (Lipinski definition) is 4. The molecule has 17 heavy (non-hydrogen) atoms. The normalized spacial score (nSPS) is 10.5. The zero-order chi connectivity index (χ0) is 12.6. The Morgan fingerprint density at radius 2 is 2.18 bits per heavy atom. The molecule has 88 valence electrons. The summed E-state index contributed by atoms with van der Waals surface area (Å²) in [6, 6.07) is 3.44. The van der Waals surface area contributed by atoms with E-state index in [1.807, 2.05) is 0 Å². The van der Waals surface area contributed by atoms with Crippen LogP contribution in [0.2, 0.25) is 5.02 Å². The third-order valence-electron chi connectivity index (χ3n) is 2.06. The van der Waals surface area contributed by atoms with Crippen molar-refractivity contribution >= 4 is 17.6 Å². The lowest BCUT2D eigenvalue weighted by Crippen LogP contribution is -1.94. The fourth-order valence-electron chi connectivity index (χ4n) is 1.23. The monoisotopic (exact) mass is 257 g/mol. The number of benzene rings is 1. The molecule has 5 nitrogen and oxygen atoms in total. The van der Waals surface area contributed by atoms with E-state index in [9.17, 15) is 9.18 Å². The lowest BCUT2D eigenvalue weighted by molar-refractivity contribution is 0.0686. The van der Waals surface area contributed by atoms with Crippen LogP contribution in [0.3, 0.4) is 0 Å². The summed E-state index contributed by atoms with van der Waals surface area (Å²) in [4.78, 5) is 10.6. The highest BCUT2D eigenvalue weighted by molar-refractivity contribution is 6.32. The predicted octanol–water partition coefficient (Wildman–Crippen LogP) is 2.54. The quantitative estimate of drug-likeness (QED) is 0.864. The van der Waals surface area contributed by atoms with Crippen LogP contribution < -0.4 is 0 Å². The van der Waals surface area contributed by atoms with E-state index < -0.39 is 22.6 Å². The maximum atomic E-state index is 13.6. The largest absolute Gasteiger partial charge is 0.506 e. The molecule has 2 N–H and O–H groups in total. The SMILES string of the molecule is O=C(O)c1cc(-c2ccc(O)c(Cl)c2F)on1. The van der Waals surface area contributed by atoms with Crippen LogP contribution in [0.1, 0.15) is 10.5 Å². The topological polar surface area (TPSA) is 83.6 Å². The van der Waals surface area contributed by atoms with Gasteiger partial charge in [-0.15, -0.1) is 0 Å². The Kier molecular flexibility index (Phi) is 2.72. The van der Waals surface area contributed by atoms with Crippen molar-refractivity contribution in [3.05, 3.63) is 34.7 Å². The van der Waals surface area contributed by atoms with Gasteiger partial charge in [0.05, 0.1) is 5.56 Å². The molecule has 0 fully saturated rings. The average molecular weight is 258 g/mol. The lowest BCUT2D eigenvalue weighted by Gasteiger charge is -2.01. The van der Waals surface area contributed by atoms with E-state index in [0.717, 1.165) is 6.07 Å². The smallest absolute Gasteiger partial charge is 0.358 e. The minimum Gasteiger partial charge on any atom is -0.506 e. The third-order valence-corrected chi connectivity index (χ3v) is 2.42. The van der Waals surface area contributed by atoms with Gasteiger partial charge in [-0.2, -0.15) is 0 Å². The first-order valence-electron chi connectivity index (χ1n) is 4.38. The molecule has 0 spiro atoms. The van der Waals surface area contributed by atoms with Crippen LogP contribution in [-0.4, -0.2) is 21.3 Å². The molecule has 1 aromatic heterocycles. The van der Waals surface area contributed by atoms with Gasteiger partial charge in [-0.1, -0.05) is 16.8 Å². The first-order valence-corrected chi connectivity index (χ1v) is 4.76. The standard InChI is InChI=1S/C10H5ClFNO4/c11-8-6(14)2-1-4(9(8)12)7-3-5(10(15)16)13-17-7/h1-3,14H,(H,15,16). The van der Waals surface area contributed by atoms with Crippen molar-refractivity contribution in [1.82, 2.24) is 5.16 Å². The Morgan fingerprint density at radius 3 is 2.76 bits per heavy atom. The predicted molar refractivity (Wildman–Crippen MR) is 55.5 cm³/mol. The third kappa shape index (κ3) is 1.94. The van der Waals surface area contributed by atoms with Crippen molar-refractivity contribution in [2.75, 3.05) is 0 Å². The molecule has 0 saturated heterocycles. The second kappa shape index (κ2) is 4.06. The van der Waals surface area contributed by atoms with E-state index in [4.69, 9.17) is 21.8 Å². The van der Waals surface area contributed by atoms with Gasteiger partial charge < -0.3 is 14.7 Å². The molecule has 0 aliphatic rings. The summed E-state index contributed by atoms with van der Waals surface area (Å²) >= 11 is 5.50. The maximum Gasteiger partial charge on any atom is 0.358 e. The molecule has 0 amide bonds. The van der Waals surface area contributed by atoms with Crippen molar-refractivity contribution in [2.45, 2.75) is 0 Å². The molecule has 0 aliphatic heterocycles. The van der Waals surface area contributed by atoms with Gasteiger partial charge in [-0.05, 0) is 12.1 Å². The number of aromatic nitrogens is 1. The fourth-order valence-corrected chi connectivity index (χ4v) is 1.40. The Hall–Kier alpha value is -2.08. The number of phenolic OH excluding ortho intramolecular Hbond substituents is 1. The zero-order valence-corrected chi connectivity index (χ0v) is 8.90. The summed E-state index contributed by atoms with van der Waals surface area (Å²) in [5, 5.41) is 20.6. The number of carboxylic acids is 1. The number of aromatic hydroxyl groups is 1. The van der Waals surface area contributed by atoms with E-state index >= 15 is 0 Å². The number of nitrogens with zero attached hydrogens (tertiary/aromatic N) is 1. The number of aromatic carboxylic acids is 1. The van der Waals surface area contributed by atoms with Crippen molar-refractivity contribution in [2.24, 2.45) is 0 Å². The maximum absolute atomic E-state index is 13.6. The molecule has 0 aliphatic carbocycles. The van der Waals surface area contributed by atoms with Gasteiger partial charge in [0.25, 0.3) is 0 Å². The van der Waals surface area contributed by atoms with Crippen LogP contribution in [-0.2, 0) is 0 Å². The van der Waals surface area contributed by atoms with Gasteiger partial charge in [0, 0.05) is 6.07 Å². The molecule has 0 saturated carbocycles. The van der Waals surface area contributed by atoms with Gasteiger partial charge >= 0.3 is 5.97 Å². The Balaban J connectivity index is 2.53. The van der Waals surface area contributed by atoms with Crippen molar-refractivity contribution in [3.8, 4) is 17.1 Å². The number of rotatable bonds is 2. The summed E-state index contributed by atoms with van der Waals surface area (Å²) in [6.07, 6.45) is 0. The summed E-state index contributed by atoms with van der Waals surface area (Å²) < 4.78 is 18.3. The first-order chi connectivity index (χ1) is 8.00. The van der Waals surface area contributed by atoms with Crippen LogP contribution in [0.15, 0.2) is 22.7 Å². The number of hydrogen-bond donors (Lipinski definition) is 2. The van der Waals surface area contributed by atoms with Crippen molar-refractivity contribution in [1.29, 1.82) is 0 Å². The second-order valence-electron chi connectivity index (χ2n) is 3.14. The first kappa shape index (κ1) is 11.4. The number of phenols is 1. The minimum atomic E-state index is -1.29. The van der Waals surface area contributed by atoms with Crippen LogP contribution in [0.25, 0.3) is 11.3 Å². The van der Waals surface area contributed by atoms with Gasteiger partial charge in [-0.3, -0.25) is 0 Å². The number of carbonyl (C=O) groups is 1. The molecule has 1 aromatic carbocycles. The summed E-state index contributed by atoms with van der Waals surface area (Å²) in [6.45, 7) is 0. The number of halogens is 2. The highest BCUT2D eigenvalue weighted by atomic mass is 35.5. The number of carboxylic acid groups (broad SMARTS) is 1. The summed E-state index contributed by atoms with van der Waals surface area (Å²) in [7, 11) is 0. The molecule has 0 bridgehead atoms. The zero-order valence-electron chi connectivity index (χ0n) is 8.15. The van der Waals surface area contributed by atoms with E-state index in [1.165, 1.54) is 12.1 Å². The molecule has 0 radical (unpaired) electrons. The molecule has 2 aromatic rings. The van der Waals surface area contributed by atoms with Gasteiger partial charge in [0.1, 0.15) is 10.8 Å². The molecular weight excluding hydrogens is 253 g/mol. The van der Waals surface area contributed by atoms with Crippen LogP contribution in [0, 0.1) is 5.82 Å². The highest BCUT2D eigenvalue weighted by Crippen LogP contribution is 2.33. The van der Waals surface area contributed by atoms with E-state index in [0.29, 0.717) is 0 Å². The van der Waals surface area contributed by atoms with Gasteiger partial charge in [-0.25, -0.2) is 9.18 Å². The Labute approximate surface area is 99.0 Å². The van der Waals surface area contributed by atoms with Crippen molar-refractivity contribution < 1.29 is 23.9 Å². The van der Waals surface area contributed by atoms with E-state index in [1.54, 1.807) is 0 Å². The van der Waals surface area contributed by atoms with Crippen LogP contribution >= 0.6 is 11.6 Å². The lowest BCUT2D eigenvalue weighted by atomic mass is 10.1. The van der Waals surface area contributed by atoms with Crippen molar-refractivity contribution in [3.63, 3.8) is 0 Å². The van der Waals surface area contributed by atoms with E-state index in [-0.39, 0.29) is 17.0 Å². The molecule has 0 atom stereocenters. The van der Waals surface area contributed by atoms with Crippen LogP contribution in [0.5, 0.6) is 5.75 Å². The van der Waals surface area contributed by atoms with Crippen LogP contribution in [0.4, 0.5) is 4.39 Å². The van der Waals surface area contributed by atoms with Gasteiger partial charge in [0.2, 0.25) is 0 Å². The second-order valence-corrected chi connectivity index (χ2v) is 3.52. The highest BCUT2D eigenvalue weighted by Gasteiger charge is 2.18. The van der Waals surface area contributed by atoms with Gasteiger partial charge in [0.15, 0.2) is 17.3 Å². The summed E-state index contributed by atoms with van der Waals surface area (Å²) in [5.74, 6) is -2.68. The molecule has 7 heteroatoms. The average Bonchev–Trinajstić information content (AvgIpc) is 2.75. The molecular formula is C10H5ClFNO4. The molecule has 1 heterocycles. The fraction of sp³-hybridized carbons (Fsp3) is 0. The minimum absolute atomic E-state index is 0.0761. The summed E-state index contributed by atoms with van der Waals surface area (Å²) in [5.41, 5.74) is -0.420. The van der Waals surface area contributed by atoms with E-state index in [2.05, 4.69) is 9.68 Å². The molecule has 0 unspecified atom stereocenters. The Morgan fingerprint density at radius 1 is 1.47 bits per heavy atom. The molecule has 2 rings (SSSR count).